The Balaban J connectivity index is 2.98. The fraction of sp³-hybridized carbons (Fsp3) is 0.714. The van der Waals surface area contributed by atoms with Gasteiger partial charge in [0.25, 0.3) is 0 Å². The molecule has 1 heterocycles. The van der Waals surface area contributed by atoms with Crippen LogP contribution in [0.25, 0.3) is 0 Å². The van der Waals surface area contributed by atoms with Gasteiger partial charge in [-0.15, -0.1) is 0 Å². The van der Waals surface area contributed by atoms with Crippen LogP contribution in [0.5, 0.6) is 5.88 Å². The van der Waals surface area contributed by atoms with Crippen LogP contribution in [0.1, 0.15) is 59.7 Å². The number of hydrogen-bond acceptors (Lipinski definition) is 4. The Hall–Kier alpha value is -1.32. The molecule has 0 aliphatic heterocycles. The first-order valence-electron chi connectivity index (χ1n) is 6.63. The zero-order valence-electron chi connectivity index (χ0n) is 12.4. The van der Waals surface area contributed by atoms with Gasteiger partial charge in [0.15, 0.2) is 0 Å². The summed E-state index contributed by atoms with van der Waals surface area (Å²) in [6, 6.07) is 1.87. The van der Waals surface area contributed by atoms with Crippen molar-refractivity contribution in [2.75, 3.05) is 11.9 Å². The minimum atomic E-state index is -0.245. The molecular formula is C14H25N3O. The second kappa shape index (κ2) is 6.03. The molecule has 0 amide bonds. The van der Waals surface area contributed by atoms with Gasteiger partial charge in [0.05, 0.1) is 0 Å². The van der Waals surface area contributed by atoms with Gasteiger partial charge < -0.3 is 10.1 Å². The van der Waals surface area contributed by atoms with E-state index >= 15 is 0 Å². The number of nitrogens with zero attached hydrogens (tertiary/aromatic N) is 2. The first-order valence-corrected chi connectivity index (χ1v) is 6.63. The highest BCUT2D eigenvalue weighted by atomic mass is 16.5. The maximum Gasteiger partial charge on any atom is 0.219 e. The number of ether oxygens (including phenoxy) is 1. The van der Waals surface area contributed by atoms with Crippen LogP contribution in [0.4, 0.5) is 5.82 Å². The van der Waals surface area contributed by atoms with E-state index in [1.54, 1.807) is 0 Å². The first kappa shape index (κ1) is 14.7. The van der Waals surface area contributed by atoms with Gasteiger partial charge in [-0.1, -0.05) is 20.8 Å². The molecule has 1 aromatic heterocycles. The van der Waals surface area contributed by atoms with Gasteiger partial charge in [-0.3, -0.25) is 0 Å². The topological polar surface area (TPSA) is 47.0 Å². The van der Waals surface area contributed by atoms with Gasteiger partial charge in [-0.05, 0) is 27.2 Å². The van der Waals surface area contributed by atoms with Gasteiger partial charge in [0.2, 0.25) is 5.88 Å². The lowest BCUT2D eigenvalue weighted by Crippen LogP contribution is -2.24. The Kier molecular flexibility index (Phi) is 4.93. The monoisotopic (exact) mass is 251 g/mol. The van der Waals surface area contributed by atoms with Crippen molar-refractivity contribution in [1.29, 1.82) is 0 Å². The Labute approximate surface area is 110 Å². The summed E-state index contributed by atoms with van der Waals surface area (Å²) in [4.78, 5) is 8.95. The van der Waals surface area contributed by atoms with Crippen molar-refractivity contribution in [3.63, 3.8) is 0 Å². The normalized spacial score (nSPS) is 11.7. The van der Waals surface area contributed by atoms with Crippen molar-refractivity contribution in [2.45, 2.75) is 59.5 Å². The second-order valence-electron chi connectivity index (χ2n) is 5.75. The predicted octanol–water partition coefficient (Wildman–Crippen LogP) is 3.60. The quantitative estimate of drug-likeness (QED) is 0.868. The van der Waals surface area contributed by atoms with E-state index in [0.29, 0.717) is 5.88 Å². The van der Waals surface area contributed by atoms with E-state index in [4.69, 9.17) is 4.74 Å². The molecular weight excluding hydrogens is 226 g/mol. The summed E-state index contributed by atoms with van der Waals surface area (Å²) in [5, 5.41) is 3.28. The van der Waals surface area contributed by atoms with Crippen molar-refractivity contribution in [3.8, 4) is 5.88 Å². The number of rotatable bonds is 5. The Bertz CT molecular complexity index is 383. The van der Waals surface area contributed by atoms with Crippen molar-refractivity contribution in [2.24, 2.45) is 0 Å². The highest BCUT2D eigenvalue weighted by Crippen LogP contribution is 2.21. The number of aromatic nitrogens is 2. The third kappa shape index (κ3) is 4.90. The van der Waals surface area contributed by atoms with Crippen LogP contribution < -0.4 is 10.1 Å². The summed E-state index contributed by atoms with van der Waals surface area (Å²) in [5.41, 5.74) is -0.245. The molecule has 0 aromatic carbocycles. The molecule has 0 radical (unpaired) electrons. The summed E-state index contributed by atoms with van der Waals surface area (Å²) in [7, 11) is 0. The fourth-order valence-electron chi connectivity index (χ4n) is 1.41. The smallest absolute Gasteiger partial charge is 0.219 e. The average molecular weight is 251 g/mol. The highest BCUT2D eigenvalue weighted by Gasteiger charge is 2.15. The molecule has 0 fully saturated rings. The largest absolute Gasteiger partial charge is 0.472 e. The molecule has 0 aliphatic carbocycles. The molecule has 4 heteroatoms. The third-order valence-electron chi connectivity index (χ3n) is 2.20. The van der Waals surface area contributed by atoms with Crippen LogP contribution in [0, 0.1) is 0 Å². The van der Waals surface area contributed by atoms with Crippen LogP contribution in [-0.4, -0.2) is 22.1 Å². The van der Waals surface area contributed by atoms with E-state index in [9.17, 15) is 0 Å². The molecule has 0 spiro atoms. The zero-order valence-corrected chi connectivity index (χ0v) is 12.4. The Morgan fingerprint density at radius 3 is 2.44 bits per heavy atom. The van der Waals surface area contributed by atoms with Crippen LogP contribution in [0.2, 0.25) is 0 Å². The van der Waals surface area contributed by atoms with E-state index < -0.39 is 0 Å². The molecule has 4 nitrogen and oxygen atoms in total. The van der Waals surface area contributed by atoms with Crippen LogP contribution >= 0.6 is 0 Å². The van der Waals surface area contributed by atoms with E-state index in [-0.39, 0.29) is 11.5 Å². The maximum absolute atomic E-state index is 5.82. The number of hydrogen-bond donors (Lipinski definition) is 1. The van der Waals surface area contributed by atoms with Crippen molar-refractivity contribution in [1.82, 2.24) is 9.97 Å². The lowest BCUT2D eigenvalue weighted by Gasteiger charge is -2.21. The van der Waals surface area contributed by atoms with Crippen molar-refractivity contribution >= 4 is 5.82 Å². The average Bonchev–Trinajstić information content (AvgIpc) is 2.23. The Morgan fingerprint density at radius 2 is 1.94 bits per heavy atom. The third-order valence-corrected chi connectivity index (χ3v) is 2.20. The zero-order chi connectivity index (χ0) is 13.8. The summed E-state index contributed by atoms with van der Waals surface area (Å²) in [5.74, 6) is 2.58. The minimum absolute atomic E-state index is 0.245. The summed E-state index contributed by atoms with van der Waals surface area (Å²) in [6.07, 6.45) is 1.07. The van der Waals surface area contributed by atoms with Gasteiger partial charge in [-0.25, -0.2) is 4.98 Å². The van der Waals surface area contributed by atoms with Gasteiger partial charge >= 0.3 is 0 Å². The number of nitrogens with one attached hydrogen (secondary N) is 1. The van der Waals surface area contributed by atoms with Crippen molar-refractivity contribution < 1.29 is 4.74 Å². The molecule has 0 atom stereocenters. The molecule has 0 saturated heterocycles. The molecule has 1 aromatic rings. The predicted molar refractivity (Wildman–Crippen MR) is 75.3 cm³/mol. The fourth-order valence-corrected chi connectivity index (χ4v) is 1.41. The molecule has 18 heavy (non-hydrogen) atoms. The molecule has 1 N–H and O–H groups in total. The highest BCUT2D eigenvalue weighted by molar-refractivity contribution is 5.38. The molecule has 0 unspecified atom stereocenters. The van der Waals surface area contributed by atoms with Crippen LogP contribution in [0.15, 0.2) is 6.07 Å². The minimum Gasteiger partial charge on any atom is -0.472 e. The SMILES string of the molecule is CCCNc1cc(OC(C)(C)C)nc(C(C)C)n1. The Morgan fingerprint density at radius 1 is 1.28 bits per heavy atom. The molecule has 0 bridgehead atoms. The summed E-state index contributed by atoms with van der Waals surface area (Å²) < 4.78 is 5.82. The molecule has 0 saturated carbocycles. The lowest BCUT2D eigenvalue weighted by molar-refractivity contribution is 0.123. The maximum atomic E-state index is 5.82. The lowest BCUT2D eigenvalue weighted by atomic mass is 10.2. The summed E-state index contributed by atoms with van der Waals surface area (Å²) >= 11 is 0. The van der Waals surface area contributed by atoms with Gasteiger partial charge in [0, 0.05) is 18.5 Å². The number of anilines is 1. The molecule has 0 aliphatic rings. The molecule has 102 valence electrons. The van der Waals surface area contributed by atoms with E-state index in [1.165, 1.54) is 0 Å². The van der Waals surface area contributed by atoms with E-state index in [2.05, 4.69) is 36.1 Å². The first-order chi connectivity index (χ1) is 8.31. The van der Waals surface area contributed by atoms with E-state index in [0.717, 1.165) is 24.6 Å². The van der Waals surface area contributed by atoms with Gasteiger partial charge in [-0.2, -0.15) is 4.98 Å². The molecule has 1 rings (SSSR count). The standard InChI is InChI=1S/C14H25N3O/c1-7-8-15-11-9-12(18-14(4,5)6)17-13(16-11)10(2)3/h9-10H,7-8H2,1-6H3,(H,15,16,17). The second-order valence-corrected chi connectivity index (χ2v) is 5.75. The van der Waals surface area contributed by atoms with Crippen LogP contribution in [-0.2, 0) is 0 Å². The van der Waals surface area contributed by atoms with Crippen molar-refractivity contribution in [3.05, 3.63) is 11.9 Å². The summed E-state index contributed by atoms with van der Waals surface area (Å²) in [6.45, 7) is 13.3. The van der Waals surface area contributed by atoms with Crippen LogP contribution in [0.3, 0.4) is 0 Å². The van der Waals surface area contributed by atoms with Gasteiger partial charge in [0.1, 0.15) is 17.2 Å². The van der Waals surface area contributed by atoms with E-state index in [1.807, 2.05) is 26.8 Å².